The van der Waals surface area contributed by atoms with Gasteiger partial charge in [-0.25, -0.2) is 0 Å². The predicted molar refractivity (Wildman–Crippen MR) is 113 cm³/mol. The molecule has 1 aliphatic heterocycles. The van der Waals surface area contributed by atoms with Crippen LogP contribution in [0.25, 0.3) is 0 Å². The van der Waals surface area contributed by atoms with Crippen LogP contribution in [0.15, 0.2) is 18.2 Å². The van der Waals surface area contributed by atoms with Gasteiger partial charge in [-0.2, -0.15) is 0 Å². The Labute approximate surface area is 175 Å². The fourth-order valence-corrected chi connectivity index (χ4v) is 5.15. The highest BCUT2D eigenvalue weighted by molar-refractivity contribution is 7.15. The van der Waals surface area contributed by atoms with Gasteiger partial charge in [0.25, 0.3) is 5.91 Å². The lowest BCUT2D eigenvalue weighted by molar-refractivity contribution is 0.0746. The highest BCUT2D eigenvalue weighted by Gasteiger charge is 2.26. The average Bonchev–Trinajstić information content (AvgIpc) is 3.29. The van der Waals surface area contributed by atoms with E-state index >= 15 is 0 Å². The number of carbonyl (C=O) groups is 1. The van der Waals surface area contributed by atoms with Crippen molar-refractivity contribution in [2.45, 2.75) is 38.0 Å². The van der Waals surface area contributed by atoms with Crippen molar-refractivity contribution in [1.82, 2.24) is 15.1 Å². The van der Waals surface area contributed by atoms with Crippen LogP contribution < -0.4 is 14.4 Å². The second-order valence-electron chi connectivity index (χ2n) is 7.64. The number of rotatable bonds is 5. The Morgan fingerprint density at radius 2 is 1.62 bits per heavy atom. The number of hydrogen-bond donors (Lipinski definition) is 0. The molecule has 1 aliphatic carbocycles. The van der Waals surface area contributed by atoms with Crippen molar-refractivity contribution in [2.24, 2.45) is 0 Å². The van der Waals surface area contributed by atoms with Gasteiger partial charge in [0.1, 0.15) is 16.5 Å². The molecule has 8 heteroatoms. The maximum Gasteiger partial charge on any atom is 0.254 e. The molecule has 156 valence electrons. The van der Waals surface area contributed by atoms with Crippen LogP contribution in [0.3, 0.4) is 0 Å². The molecule has 2 aliphatic rings. The Morgan fingerprint density at radius 1 is 0.966 bits per heavy atom. The molecule has 2 heterocycles. The molecule has 1 aromatic carbocycles. The van der Waals surface area contributed by atoms with Gasteiger partial charge in [-0.1, -0.05) is 30.6 Å². The van der Waals surface area contributed by atoms with Crippen LogP contribution in [0.2, 0.25) is 0 Å². The summed E-state index contributed by atoms with van der Waals surface area (Å²) in [7, 11) is 3.18. The van der Waals surface area contributed by atoms with E-state index in [0.29, 0.717) is 36.1 Å². The number of hydrogen-bond acceptors (Lipinski definition) is 7. The summed E-state index contributed by atoms with van der Waals surface area (Å²) in [6, 6.07) is 5.30. The van der Waals surface area contributed by atoms with Crippen molar-refractivity contribution in [2.75, 3.05) is 45.3 Å². The predicted octanol–water partition coefficient (Wildman–Crippen LogP) is 3.57. The number of piperazine rings is 1. The lowest BCUT2D eigenvalue weighted by atomic mass is 9.90. The molecule has 0 radical (unpaired) electrons. The largest absolute Gasteiger partial charge is 0.497 e. The zero-order valence-corrected chi connectivity index (χ0v) is 17.9. The van der Waals surface area contributed by atoms with Gasteiger partial charge in [0.15, 0.2) is 0 Å². The maximum atomic E-state index is 13.0. The molecule has 7 nitrogen and oxygen atoms in total. The van der Waals surface area contributed by atoms with Crippen molar-refractivity contribution in [3.8, 4) is 11.5 Å². The lowest BCUT2D eigenvalue weighted by Crippen LogP contribution is -2.48. The Morgan fingerprint density at radius 3 is 2.24 bits per heavy atom. The first-order valence-corrected chi connectivity index (χ1v) is 11.1. The van der Waals surface area contributed by atoms with Crippen LogP contribution in [-0.4, -0.2) is 61.4 Å². The molecule has 0 atom stereocenters. The number of amides is 1. The lowest BCUT2D eigenvalue weighted by Gasteiger charge is -2.34. The molecule has 0 unspecified atom stereocenters. The van der Waals surface area contributed by atoms with E-state index in [1.807, 2.05) is 4.90 Å². The fraction of sp³-hybridized carbons (Fsp3) is 0.571. The summed E-state index contributed by atoms with van der Waals surface area (Å²) in [4.78, 5) is 17.1. The molecule has 0 bridgehead atoms. The first-order valence-electron chi connectivity index (χ1n) is 10.3. The third-order valence-corrected chi connectivity index (χ3v) is 6.97. The highest BCUT2D eigenvalue weighted by Crippen LogP contribution is 2.36. The van der Waals surface area contributed by atoms with Gasteiger partial charge in [-0.15, -0.1) is 10.2 Å². The number of anilines is 1. The molecule has 1 amide bonds. The van der Waals surface area contributed by atoms with Crippen LogP contribution in [0.4, 0.5) is 5.13 Å². The Balaban J connectivity index is 1.38. The molecule has 2 fully saturated rings. The second kappa shape index (κ2) is 8.98. The van der Waals surface area contributed by atoms with Crippen molar-refractivity contribution in [3.05, 3.63) is 28.8 Å². The van der Waals surface area contributed by atoms with Crippen LogP contribution in [0.1, 0.15) is 53.4 Å². The number of benzene rings is 1. The van der Waals surface area contributed by atoms with Crippen LogP contribution in [0, 0.1) is 0 Å². The minimum absolute atomic E-state index is 0.00186. The molecular weight excluding hydrogens is 388 g/mol. The van der Waals surface area contributed by atoms with Crippen LogP contribution in [0.5, 0.6) is 11.5 Å². The summed E-state index contributed by atoms with van der Waals surface area (Å²) in [5.74, 6) is 1.83. The Kier molecular flexibility index (Phi) is 6.18. The van der Waals surface area contributed by atoms with Gasteiger partial charge in [0.2, 0.25) is 5.13 Å². The van der Waals surface area contributed by atoms with E-state index in [2.05, 4.69) is 15.1 Å². The molecule has 2 aromatic rings. The monoisotopic (exact) mass is 416 g/mol. The number of nitrogens with zero attached hydrogens (tertiary/aromatic N) is 4. The van der Waals surface area contributed by atoms with E-state index in [1.54, 1.807) is 43.8 Å². The van der Waals surface area contributed by atoms with Gasteiger partial charge in [-0.3, -0.25) is 4.79 Å². The third-order valence-electron chi connectivity index (χ3n) is 5.82. The summed E-state index contributed by atoms with van der Waals surface area (Å²) in [6.07, 6.45) is 6.42. The van der Waals surface area contributed by atoms with E-state index in [-0.39, 0.29) is 5.91 Å². The SMILES string of the molecule is COc1cc(OC)cc(C(=O)N2CCN(c3nnc(C4CCCCC4)s3)CC2)c1. The first-order chi connectivity index (χ1) is 14.2. The van der Waals surface area contributed by atoms with Crippen molar-refractivity contribution < 1.29 is 14.3 Å². The van der Waals surface area contributed by atoms with Gasteiger partial charge in [0.05, 0.1) is 14.2 Å². The fourth-order valence-electron chi connectivity index (χ4n) is 4.08. The standard InChI is InChI=1S/C21H28N4O3S/c1-27-17-12-16(13-18(14-17)28-2)20(26)24-8-10-25(11-9-24)21-23-22-19(29-21)15-6-4-3-5-7-15/h12-15H,3-11H2,1-2H3. The molecule has 1 saturated carbocycles. The van der Waals surface area contributed by atoms with E-state index in [0.717, 1.165) is 18.2 Å². The van der Waals surface area contributed by atoms with E-state index in [4.69, 9.17) is 9.47 Å². The molecule has 0 N–H and O–H groups in total. The zero-order valence-electron chi connectivity index (χ0n) is 17.1. The molecule has 0 spiro atoms. The molecule has 4 rings (SSSR count). The topological polar surface area (TPSA) is 67.8 Å². The summed E-state index contributed by atoms with van der Waals surface area (Å²) >= 11 is 1.73. The van der Waals surface area contributed by atoms with E-state index in [9.17, 15) is 4.79 Å². The van der Waals surface area contributed by atoms with Crippen molar-refractivity contribution in [3.63, 3.8) is 0 Å². The quantitative estimate of drug-likeness (QED) is 0.742. The number of carbonyl (C=O) groups excluding carboxylic acids is 1. The van der Waals surface area contributed by atoms with Crippen LogP contribution >= 0.6 is 11.3 Å². The van der Waals surface area contributed by atoms with Gasteiger partial charge in [-0.05, 0) is 25.0 Å². The molecule has 1 saturated heterocycles. The average molecular weight is 417 g/mol. The number of aromatic nitrogens is 2. The van der Waals surface area contributed by atoms with Gasteiger partial charge in [0, 0.05) is 43.7 Å². The van der Waals surface area contributed by atoms with Crippen LogP contribution in [-0.2, 0) is 0 Å². The van der Waals surface area contributed by atoms with E-state index in [1.165, 1.54) is 37.1 Å². The number of methoxy groups -OCH3 is 2. The third kappa shape index (κ3) is 4.47. The second-order valence-corrected chi connectivity index (χ2v) is 8.63. The summed E-state index contributed by atoms with van der Waals surface area (Å²) < 4.78 is 10.6. The molecular formula is C21H28N4O3S. The van der Waals surface area contributed by atoms with Gasteiger partial charge >= 0.3 is 0 Å². The smallest absolute Gasteiger partial charge is 0.254 e. The Bertz CT molecular complexity index is 820. The van der Waals surface area contributed by atoms with Gasteiger partial charge < -0.3 is 19.3 Å². The minimum Gasteiger partial charge on any atom is -0.497 e. The van der Waals surface area contributed by atoms with E-state index < -0.39 is 0 Å². The maximum absolute atomic E-state index is 13.0. The zero-order chi connectivity index (χ0) is 20.2. The highest BCUT2D eigenvalue weighted by atomic mass is 32.1. The van der Waals surface area contributed by atoms with Crippen molar-refractivity contribution in [1.29, 1.82) is 0 Å². The molecule has 1 aromatic heterocycles. The number of ether oxygens (including phenoxy) is 2. The summed E-state index contributed by atoms with van der Waals surface area (Å²) in [5.41, 5.74) is 0.588. The first kappa shape index (κ1) is 19.9. The van der Waals surface area contributed by atoms with Crippen molar-refractivity contribution >= 4 is 22.4 Å². The minimum atomic E-state index is 0.00186. The molecule has 29 heavy (non-hydrogen) atoms. The summed E-state index contributed by atoms with van der Waals surface area (Å²) in [6.45, 7) is 2.87. The summed E-state index contributed by atoms with van der Waals surface area (Å²) in [5, 5.41) is 11.1. The Hall–Kier alpha value is -2.35. The normalized spacial score (nSPS) is 18.0.